The highest BCUT2D eigenvalue weighted by Gasteiger charge is 2.39. The molecule has 8 heteroatoms. The molecule has 0 atom stereocenters. The van der Waals surface area contributed by atoms with Crippen molar-refractivity contribution in [2.75, 3.05) is 51.3 Å². The van der Waals surface area contributed by atoms with Gasteiger partial charge in [-0.15, -0.1) is 0 Å². The van der Waals surface area contributed by atoms with Gasteiger partial charge in [-0.05, 0) is 38.3 Å². The molecule has 0 spiro atoms. The van der Waals surface area contributed by atoms with Gasteiger partial charge in [0.25, 0.3) is 0 Å². The summed E-state index contributed by atoms with van der Waals surface area (Å²) in [7, 11) is 1.79. The maximum Gasteiger partial charge on any atom is 0.339 e. The van der Waals surface area contributed by atoms with Crippen LogP contribution in [-0.2, 0) is 9.53 Å². The fourth-order valence-corrected chi connectivity index (χ4v) is 4.46. The molecule has 1 saturated carbocycles. The second kappa shape index (κ2) is 10.6. The summed E-state index contributed by atoms with van der Waals surface area (Å²) in [5.41, 5.74) is -0.192. The Labute approximate surface area is 184 Å². The van der Waals surface area contributed by atoms with E-state index in [0.717, 1.165) is 70.5 Å². The van der Waals surface area contributed by atoms with Gasteiger partial charge in [-0.3, -0.25) is 9.69 Å². The second-order valence-electron chi connectivity index (χ2n) is 8.40. The van der Waals surface area contributed by atoms with Crippen LogP contribution in [0.4, 0.5) is 5.82 Å². The Kier molecular flexibility index (Phi) is 7.85. The first kappa shape index (κ1) is 23.0. The van der Waals surface area contributed by atoms with E-state index in [1.54, 1.807) is 31.1 Å². The fraction of sp³-hybridized carbons (Fsp3) is 0.652. The third-order valence-electron chi connectivity index (χ3n) is 6.44. The number of rotatable bonds is 6. The number of likely N-dealkylation sites (N-methyl/N-ethyl adjacent to an activating group) is 1. The molecule has 168 valence electrons. The summed E-state index contributed by atoms with van der Waals surface area (Å²) in [5, 5.41) is 9.76. The standard InChI is InChI=1S/C23H33N5O3/c1-3-31-22(30)19-8-9-20(25-16-19)28-13-7-12-27(14-15-28)17-21(29)26(2)23(18-24)10-5-4-6-11-23/h8-9,16H,3-7,10-15,17H2,1-2H3. The second-order valence-corrected chi connectivity index (χ2v) is 8.40. The zero-order valence-electron chi connectivity index (χ0n) is 18.7. The van der Waals surface area contributed by atoms with E-state index in [1.807, 2.05) is 6.07 Å². The average Bonchev–Trinajstić information content (AvgIpc) is 3.04. The van der Waals surface area contributed by atoms with Crippen LogP contribution in [0.25, 0.3) is 0 Å². The zero-order chi connectivity index (χ0) is 22.3. The molecule has 0 N–H and O–H groups in total. The Morgan fingerprint density at radius 2 is 1.94 bits per heavy atom. The Morgan fingerprint density at radius 3 is 2.58 bits per heavy atom. The molecule has 8 nitrogen and oxygen atoms in total. The van der Waals surface area contributed by atoms with Gasteiger partial charge < -0.3 is 14.5 Å². The van der Waals surface area contributed by atoms with E-state index >= 15 is 0 Å². The van der Waals surface area contributed by atoms with Gasteiger partial charge in [-0.25, -0.2) is 9.78 Å². The molecule has 31 heavy (non-hydrogen) atoms. The van der Waals surface area contributed by atoms with E-state index in [2.05, 4.69) is 20.9 Å². The summed E-state index contributed by atoms with van der Waals surface area (Å²) in [6, 6.07) is 6.02. The van der Waals surface area contributed by atoms with Gasteiger partial charge >= 0.3 is 5.97 Å². The highest BCUT2D eigenvalue weighted by molar-refractivity contribution is 5.89. The van der Waals surface area contributed by atoms with Gasteiger partial charge in [0, 0.05) is 39.4 Å². The van der Waals surface area contributed by atoms with E-state index in [4.69, 9.17) is 4.74 Å². The van der Waals surface area contributed by atoms with Gasteiger partial charge in [0.15, 0.2) is 0 Å². The maximum absolute atomic E-state index is 13.0. The molecule has 0 bridgehead atoms. The van der Waals surface area contributed by atoms with Crippen molar-refractivity contribution in [1.29, 1.82) is 5.26 Å². The Balaban J connectivity index is 1.55. The van der Waals surface area contributed by atoms with Crippen molar-refractivity contribution in [3.63, 3.8) is 0 Å². The Morgan fingerprint density at radius 1 is 1.16 bits per heavy atom. The summed E-state index contributed by atoms with van der Waals surface area (Å²) in [6.07, 6.45) is 7.17. The number of hydrogen-bond donors (Lipinski definition) is 0. The third-order valence-corrected chi connectivity index (χ3v) is 6.44. The first-order valence-corrected chi connectivity index (χ1v) is 11.3. The fourth-order valence-electron chi connectivity index (χ4n) is 4.46. The molecule has 2 aliphatic rings. The quantitative estimate of drug-likeness (QED) is 0.644. The number of hydrogen-bond acceptors (Lipinski definition) is 7. The number of nitriles is 1. The molecule has 0 radical (unpaired) electrons. The molecule has 0 aromatic carbocycles. The molecule has 3 rings (SSSR count). The number of aromatic nitrogens is 1. The highest BCUT2D eigenvalue weighted by atomic mass is 16.5. The van der Waals surface area contributed by atoms with Crippen molar-refractivity contribution in [2.45, 2.75) is 51.0 Å². The predicted molar refractivity (Wildman–Crippen MR) is 118 cm³/mol. The Bertz CT molecular complexity index is 798. The van der Waals surface area contributed by atoms with Crippen LogP contribution in [0.2, 0.25) is 0 Å². The van der Waals surface area contributed by atoms with Crippen LogP contribution in [0.15, 0.2) is 18.3 Å². The number of pyridine rings is 1. The third kappa shape index (κ3) is 5.53. The van der Waals surface area contributed by atoms with Crippen LogP contribution in [0.5, 0.6) is 0 Å². The highest BCUT2D eigenvalue weighted by Crippen LogP contribution is 2.32. The number of amides is 1. The maximum atomic E-state index is 13.0. The average molecular weight is 428 g/mol. The lowest BCUT2D eigenvalue weighted by atomic mass is 9.81. The number of anilines is 1. The van der Waals surface area contributed by atoms with Crippen LogP contribution in [0, 0.1) is 11.3 Å². The van der Waals surface area contributed by atoms with Crippen LogP contribution < -0.4 is 4.90 Å². The molecule has 2 heterocycles. The zero-order valence-corrected chi connectivity index (χ0v) is 18.7. The molecule has 1 aliphatic carbocycles. The van der Waals surface area contributed by atoms with E-state index < -0.39 is 5.54 Å². The molecular weight excluding hydrogens is 394 g/mol. The van der Waals surface area contributed by atoms with Crippen molar-refractivity contribution in [2.24, 2.45) is 0 Å². The SMILES string of the molecule is CCOC(=O)c1ccc(N2CCCN(CC(=O)N(C)C3(C#N)CCCCC3)CC2)nc1. The van der Waals surface area contributed by atoms with E-state index in [0.29, 0.717) is 18.7 Å². The van der Waals surface area contributed by atoms with Gasteiger partial charge in [-0.2, -0.15) is 5.26 Å². The minimum absolute atomic E-state index is 0.0221. The number of esters is 1. The molecular formula is C23H33N5O3. The number of nitrogens with zero attached hydrogens (tertiary/aromatic N) is 5. The molecule has 0 unspecified atom stereocenters. The Hall–Kier alpha value is -2.66. The minimum Gasteiger partial charge on any atom is -0.462 e. The first-order valence-electron chi connectivity index (χ1n) is 11.3. The van der Waals surface area contributed by atoms with Crippen molar-refractivity contribution in [3.05, 3.63) is 23.9 Å². The van der Waals surface area contributed by atoms with Gasteiger partial charge in [0.1, 0.15) is 11.4 Å². The normalized spacial score (nSPS) is 19.2. The van der Waals surface area contributed by atoms with Gasteiger partial charge in [0.2, 0.25) is 5.91 Å². The summed E-state index contributed by atoms with van der Waals surface area (Å²) >= 11 is 0. The largest absolute Gasteiger partial charge is 0.462 e. The number of ether oxygens (including phenoxy) is 1. The molecule has 2 fully saturated rings. The summed E-state index contributed by atoms with van der Waals surface area (Å²) in [4.78, 5) is 35.2. The molecule has 1 aromatic heterocycles. The molecule has 1 saturated heterocycles. The van der Waals surface area contributed by atoms with Crippen LogP contribution >= 0.6 is 0 Å². The van der Waals surface area contributed by atoms with Crippen LogP contribution in [0.1, 0.15) is 55.8 Å². The molecule has 1 aromatic rings. The summed E-state index contributed by atoms with van der Waals surface area (Å²) < 4.78 is 5.01. The monoisotopic (exact) mass is 427 g/mol. The van der Waals surface area contributed by atoms with Crippen LogP contribution in [-0.4, -0.2) is 78.6 Å². The molecule has 1 aliphatic heterocycles. The van der Waals surface area contributed by atoms with Crippen molar-refractivity contribution in [1.82, 2.24) is 14.8 Å². The summed E-state index contributed by atoms with van der Waals surface area (Å²) in [5.74, 6) is 0.483. The lowest BCUT2D eigenvalue weighted by Crippen LogP contribution is -2.52. The van der Waals surface area contributed by atoms with Crippen molar-refractivity contribution < 1.29 is 14.3 Å². The van der Waals surface area contributed by atoms with E-state index in [-0.39, 0.29) is 11.9 Å². The summed E-state index contributed by atoms with van der Waals surface area (Å²) in [6.45, 7) is 5.63. The number of carbonyl (C=O) groups is 2. The van der Waals surface area contributed by atoms with Gasteiger partial charge in [-0.1, -0.05) is 19.3 Å². The van der Waals surface area contributed by atoms with Crippen molar-refractivity contribution >= 4 is 17.7 Å². The lowest BCUT2D eigenvalue weighted by molar-refractivity contribution is -0.136. The van der Waals surface area contributed by atoms with Crippen molar-refractivity contribution in [3.8, 4) is 6.07 Å². The van der Waals surface area contributed by atoms with Crippen LogP contribution in [0.3, 0.4) is 0 Å². The number of carbonyl (C=O) groups excluding carboxylic acids is 2. The first-order chi connectivity index (χ1) is 15.0. The molecule has 1 amide bonds. The minimum atomic E-state index is -0.641. The smallest absolute Gasteiger partial charge is 0.339 e. The van der Waals surface area contributed by atoms with E-state index in [9.17, 15) is 14.9 Å². The predicted octanol–water partition coefficient (Wildman–Crippen LogP) is 2.46. The lowest BCUT2D eigenvalue weighted by Gasteiger charge is -2.39. The van der Waals surface area contributed by atoms with Gasteiger partial charge in [0.05, 0.1) is 24.8 Å². The topological polar surface area (TPSA) is 89.8 Å². The van der Waals surface area contributed by atoms with E-state index in [1.165, 1.54) is 0 Å².